The topological polar surface area (TPSA) is 78.5 Å². The van der Waals surface area contributed by atoms with Crippen molar-refractivity contribution in [3.8, 4) is 0 Å². The van der Waals surface area contributed by atoms with Crippen molar-refractivity contribution < 1.29 is 22.0 Å². The summed E-state index contributed by atoms with van der Waals surface area (Å²) in [5.41, 5.74) is 0.868. The van der Waals surface area contributed by atoms with Gasteiger partial charge in [-0.25, -0.2) is 17.2 Å². The molecule has 0 bridgehead atoms. The van der Waals surface area contributed by atoms with Crippen LogP contribution in [0.25, 0.3) is 0 Å². The number of rotatable bonds is 4. The summed E-state index contributed by atoms with van der Waals surface area (Å²) in [5, 5.41) is 5.75. The second kappa shape index (κ2) is 7.61. The summed E-state index contributed by atoms with van der Waals surface area (Å²) in [6.45, 7) is 4.35. The molecule has 0 saturated carbocycles. The number of sulfone groups is 1. The maximum absolute atomic E-state index is 13.5. The van der Waals surface area contributed by atoms with E-state index in [1.165, 1.54) is 13.0 Å². The van der Waals surface area contributed by atoms with Crippen LogP contribution in [0.4, 0.5) is 20.2 Å². The van der Waals surface area contributed by atoms with Gasteiger partial charge in [-0.1, -0.05) is 0 Å². The lowest BCUT2D eigenvalue weighted by Gasteiger charge is -2.30. The van der Waals surface area contributed by atoms with Crippen molar-refractivity contribution in [1.29, 1.82) is 0 Å². The van der Waals surface area contributed by atoms with Gasteiger partial charge in [-0.2, -0.15) is 0 Å². The summed E-state index contributed by atoms with van der Waals surface area (Å²) in [7, 11) is -4.15. The molecule has 1 saturated heterocycles. The number of benzene rings is 2. The molecule has 0 unspecified atom stereocenters. The van der Waals surface area contributed by atoms with Gasteiger partial charge in [0.25, 0.3) is 0 Å². The average molecular weight is 395 g/mol. The number of hydrogen-bond acceptors (Lipinski definition) is 5. The van der Waals surface area contributed by atoms with Crippen LogP contribution in [-0.4, -0.2) is 40.5 Å². The molecule has 2 aromatic rings. The van der Waals surface area contributed by atoms with E-state index in [1.807, 2.05) is 0 Å². The van der Waals surface area contributed by atoms with E-state index in [1.54, 1.807) is 12.1 Å². The molecule has 6 nitrogen and oxygen atoms in total. The first kappa shape index (κ1) is 19.2. The van der Waals surface area contributed by atoms with E-state index in [-0.39, 0.29) is 15.5 Å². The highest BCUT2D eigenvalue weighted by Gasteiger charge is 2.24. The van der Waals surface area contributed by atoms with E-state index >= 15 is 0 Å². The highest BCUT2D eigenvalue weighted by Crippen LogP contribution is 2.32. The Morgan fingerprint density at radius 3 is 2.41 bits per heavy atom. The summed E-state index contributed by atoms with van der Waals surface area (Å²) in [5.74, 6) is -2.83. The van der Waals surface area contributed by atoms with Crippen molar-refractivity contribution >= 4 is 27.1 Å². The zero-order chi connectivity index (χ0) is 19.6. The summed E-state index contributed by atoms with van der Waals surface area (Å²) in [6.07, 6.45) is 0. The Kier molecular flexibility index (Phi) is 5.43. The number of piperazine rings is 1. The van der Waals surface area contributed by atoms with Crippen LogP contribution in [0.3, 0.4) is 0 Å². The second-order valence-electron chi connectivity index (χ2n) is 6.18. The van der Waals surface area contributed by atoms with Gasteiger partial charge in [0.05, 0.1) is 15.5 Å². The molecule has 1 aliphatic rings. The summed E-state index contributed by atoms with van der Waals surface area (Å²) >= 11 is 0. The van der Waals surface area contributed by atoms with Crippen LogP contribution in [0.15, 0.2) is 46.2 Å². The highest BCUT2D eigenvalue weighted by molar-refractivity contribution is 7.91. The molecule has 0 atom stereocenters. The largest absolute Gasteiger partial charge is 0.369 e. The van der Waals surface area contributed by atoms with Gasteiger partial charge in [0, 0.05) is 38.8 Å². The lowest BCUT2D eigenvalue weighted by Crippen LogP contribution is -2.43. The van der Waals surface area contributed by atoms with Gasteiger partial charge in [0.2, 0.25) is 15.7 Å². The molecule has 9 heteroatoms. The third-order valence-electron chi connectivity index (χ3n) is 4.25. The molecule has 1 amide bonds. The normalized spacial score (nSPS) is 14.9. The van der Waals surface area contributed by atoms with Gasteiger partial charge in [0.1, 0.15) is 0 Å². The zero-order valence-corrected chi connectivity index (χ0v) is 15.4. The molecule has 2 N–H and O–H groups in total. The Morgan fingerprint density at radius 1 is 1.07 bits per heavy atom. The lowest BCUT2D eigenvalue weighted by atomic mass is 10.2. The van der Waals surface area contributed by atoms with Gasteiger partial charge >= 0.3 is 0 Å². The number of nitrogens with zero attached hydrogens (tertiary/aromatic N) is 1. The van der Waals surface area contributed by atoms with E-state index in [0.29, 0.717) is 6.07 Å². The second-order valence-corrected chi connectivity index (χ2v) is 8.10. The van der Waals surface area contributed by atoms with E-state index in [4.69, 9.17) is 0 Å². The van der Waals surface area contributed by atoms with Crippen LogP contribution < -0.4 is 15.5 Å². The lowest BCUT2D eigenvalue weighted by molar-refractivity contribution is -0.114. The van der Waals surface area contributed by atoms with Gasteiger partial charge < -0.3 is 15.5 Å². The molecule has 0 spiro atoms. The molecule has 1 fully saturated rings. The first-order valence-electron chi connectivity index (χ1n) is 8.36. The first-order valence-corrected chi connectivity index (χ1v) is 9.85. The van der Waals surface area contributed by atoms with Crippen molar-refractivity contribution in [2.45, 2.75) is 16.7 Å². The Hall–Kier alpha value is -2.52. The third kappa shape index (κ3) is 4.09. The molecule has 1 heterocycles. The fraction of sp³-hybridized carbons (Fsp3) is 0.278. The van der Waals surface area contributed by atoms with E-state index in [9.17, 15) is 22.0 Å². The molecule has 144 valence electrons. The number of carbonyl (C=O) groups is 1. The van der Waals surface area contributed by atoms with Gasteiger partial charge in [0.15, 0.2) is 11.6 Å². The molecular weight excluding hydrogens is 376 g/mol. The highest BCUT2D eigenvalue weighted by atomic mass is 32.2. The molecule has 27 heavy (non-hydrogen) atoms. The number of hydrogen-bond donors (Lipinski definition) is 2. The smallest absolute Gasteiger partial charge is 0.221 e. The summed E-state index contributed by atoms with van der Waals surface area (Å²) < 4.78 is 52.5. The molecule has 0 aromatic heterocycles. The van der Waals surface area contributed by atoms with Gasteiger partial charge in [-0.3, -0.25) is 4.79 Å². The fourth-order valence-electron chi connectivity index (χ4n) is 2.93. The Balaban J connectivity index is 2.07. The number of halogens is 2. The molecule has 2 aromatic carbocycles. The molecule has 0 aliphatic carbocycles. The maximum Gasteiger partial charge on any atom is 0.221 e. The van der Waals surface area contributed by atoms with Crippen LogP contribution in [0.1, 0.15) is 6.92 Å². The monoisotopic (exact) mass is 395 g/mol. The predicted octanol–water partition coefficient (Wildman–Crippen LogP) is 2.17. The van der Waals surface area contributed by atoms with Crippen molar-refractivity contribution in [1.82, 2.24) is 5.32 Å². The quantitative estimate of drug-likeness (QED) is 0.776. The minimum Gasteiger partial charge on any atom is -0.369 e. The van der Waals surface area contributed by atoms with Crippen LogP contribution in [-0.2, 0) is 14.6 Å². The average Bonchev–Trinajstić information content (AvgIpc) is 2.64. The van der Waals surface area contributed by atoms with E-state index in [2.05, 4.69) is 15.5 Å². The van der Waals surface area contributed by atoms with Crippen LogP contribution >= 0.6 is 0 Å². The summed E-state index contributed by atoms with van der Waals surface area (Å²) in [6, 6.07) is 6.99. The van der Waals surface area contributed by atoms with Gasteiger partial charge in [-0.05, 0) is 36.4 Å². The van der Waals surface area contributed by atoms with Crippen LogP contribution in [0, 0.1) is 11.6 Å². The number of anilines is 2. The third-order valence-corrected chi connectivity index (χ3v) is 6.06. The Morgan fingerprint density at radius 2 is 1.78 bits per heavy atom. The van der Waals surface area contributed by atoms with E-state index in [0.717, 1.165) is 44.0 Å². The van der Waals surface area contributed by atoms with Crippen LogP contribution in [0.2, 0.25) is 0 Å². The van der Waals surface area contributed by atoms with E-state index < -0.39 is 27.4 Å². The van der Waals surface area contributed by atoms with Crippen molar-refractivity contribution in [2.24, 2.45) is 0 Å². The minimum atomic E-state index is -4.15. The number of carbonyl (C=O) groups excluding carboxylic acids is 1. The van der Waals surface area contributed by atoms with Crippen molar-refractivity contribution in [2.75, 3.05) is 36.4 Å². The predicted molar refractivity (Wildman–Crippen MR) is 97.6 cm³/mol. The summed E-state index contributed by atoms with van der Waals surface area (Å²) in [4.78, 5) is 13.1. The first-order chi connectivity index (χ1) is 12.8. The molecule has 3 rings (SSSR count). The molecule has 0 radical (unpaired) electrons. The Bertz CT molecular complexity index is 974. The number of amides is 1. The van der Waals surface area contributed by atoms with Crippen molar-refractivity contribution in [3.05, 3.63) is 48.0 Å². The molecular formula is C18H19F2N3O3S. The zero-order valence-electron chi connectivity index (χ0n) is 14.6. The maximum atomic E-state index is 13.5. The van der Waals surface area contributed by atoms with Gasteiger partial charge in [-0.15, -0.1) is 0 Å². The Labute approximate surface area is 156 Å². The van der Waals surface area contributed by atoms with Crippen LogP contribution in [0.5, 0.6) is 0 Å². The molecule has 1 aliphatic heterocycles. The SMILES string of the molecule is CC(=O)Nc1cc(N2CCNCC2)ccc1S(=O)(=O)c1ccc(F)c(F)c1. The standard InChI is InChI=1S/C18H19F2N3O3S/c1-12(24)22-17-10-13(23-8-6-21-7-9-23)2-5-18(17)27(25,26)14-3-4-15(19)16(20)11-14/h2-5,10-11,21H,6-9H2,1H3,(H,22,24). The minimum absolute atomic E-state index is 0.100. The number of nitrogens with one attached hydrogen (secondary N) is 2. The fourth-order valence-corrected chi connectivity index (χ4v) is 4.34. The van der Waals surface area contributed by atoms with Crippen molar-refractivity contribution in [3.63, 3.8) is 0 Å².